The van der Waals surface area contributed by atoms with E-state index >= 15 is 0 Å². The van der Waals surface area contributed by atoms with Crippen molar-refractivity contribution >= 4 is 23.2 Å². The standard InChI is InChI=1S/C16H14FN3O/c17-9-5-6-12-10(7-9)11(16(21)20-12)8-15-18-13-3-1-2-4-14(13)19-15/h5-8H,1-4H2,(H,18,19)(H,20,21). The topological polar surface area (TPSA) is 57.8 Å². The molecular weight excluding hydrogens is 269 g/mol. The molecule has 1 aliphatic carbocycles. The van der Waals surface area contributed by atoms with Gasteiger partial charge in [0.2, 0.25) is 0 Å². The number of nitrogens with zero attached hydrogens (tertiary/aromatic N) is 1. The highest BCUT2D eigenvalue weighted by molar-refractivity contribution is 6.34. The lowest BCUT2D eigenvalue weighted by molar-refractivity contribution is -0.110. The molecule has 1 amide bonds. The molecule has 2 aromatic rings. The van der Waals surface area contributed by atoms with Crippen LogP contribution in [0.3, 0.4) is 0 Å². The summed E-state index contributed by atoms with van der Waals surface area (Å²) >= 11 is 0. The van der Waals surface area contributed by atoms with E-state index in [4.69, 9.17) is 0 Å². The van der Waals surface area contributed by atoms with Crippen molar-refractivity contribution in [3.8, 4) is 0 Å². The van der Waals surface area contributed by atoms with Crippen LogP contribution in [0, 0.1) is 5.82 Å². The molecule has 21 heavy (non-hydrogen) atoms. The number of anilines is 1. The van der Waals surface area contributed by atoms with Gasteiger partial charge in [-0.3, -0.25) is 4.79 Å². The Morgan fingerprint density at radius 1 is 1.24 bits per heavy atom. The number of carbonyl (C=O) groups excluding carboxylic acids is 1. The number of hydrogen-bond acceptors (Lipinski definition) is 2. The Morgan fingerprint density at radius 2 is 2.10 bits per heavy atom. The number of amides is 1. The Labute approximate surface area is 121 Å². The number of fused-ring (bicyclic) bond motifs is 2. The monoisotopic (exact) mass is 283 g/mol. The molecule has 0 saturated heterocycles. The van der Waals surface area contributed by atoms with Gasteiger partial charge >= 0.3 is 0 Å². The number of benzene rings is 1. The summed E-state index contributed by atoms with van der Waals surface area (Å²) < 4.78 is 13.4. The van der Waals surface area contributed by atoms with Crippen molar-refractivity contribution in [1.29, 1.82) is 0 Å². The van der Waals surface area contributed by atoms with E-state index in [9.17, 15) is 9.18 Å². The summed E-state index contributed by atoms with van der Waals surface area (Å²) in [7, 11) is 0. The van der Waals surface area contributed by atoms with Crippen LogP contribution in [0.5, 0.6) is 0 Å². The summed E-state index contributed by atoms with van der Waals surface area (Å²) in [6, 6.07) is 4.30. The molecule has 0 saturated carbocycles. The van der Waals surface area contributed by atoms with E-state index in [-0.39, 0.29) is 11.7 Å². The van der Waals surface area contributed by atoms with Crippen molar-refractivity contribution < 1.29 is 9.18 Å². The van der Waals surface area contributed by atoms with Gasteiger partial charge in [-0.15, -0.1) is 0 Å². The molecule has 0 spiro atoms. The van der Waals surface area contributed by atoms with Crippen LogP contribution in [0.4, 0.5) is 10.1 Å². The molecule has 5 heteroatoms. The minimum absolute atomic E-state index is 0.218. The second-order valence-corrected chi connectivity index (χ2v) is 5.46. The molecule has 0 atom stereocenters. The number of rotatable bonds is 1. The first-order valence-electron chi connectivity index (χ1n) is 7.11. The molecule has 0 radical (unpaired) electrons. The van der Waals surface area contributed by atoms with Crippen LogP contribution in [-0.4, -0.2) is 15.9 Å². The van der Waals surface area contributed by atoms with Crippen LogP contribution in [0.15, 0.2) is 18.2 Å². The number of hydrogen-bond donors (Lipinski definition) is 2. The summed E-state index contributed by atoms with van der Waals surface area (Å²) in [5.41, 5.74) is 3.94. The highest BCUT2D eigenvalue weighted by Gasteiger charge is 2.25. The molecule has 4 nitrogen and oxygen atoms in total. The molecule has 2 heterocycles. The molecule has 1 aromatic carbocycles. The number of aromatic amines is 1. The predicted octanol–water partition coefficient (Wildman–Crippen LogP) is 2.92. The molecule has 0 unspecified atom stereocenters. The molecule has 0 fully saturated rings. The van der Waals surface area contributed by atoms with Crippen LogP contribution in [0.1, 0.15) is 35.6 Å². The molecule has 1 aliphatic heterocycles. The third-order valence-corrected chi connectivity index (χ3v) is 4.02. The van der Waals surface area contributed by atoms with Crippen molar-refractivity contribution in [2.24, 2.45) is 0 Å². The maximum atomic E-state index is 13.4. The van der Waals surface area contributed by atoms with Gasteiger partial charge in [-0.05, 0) is 50.0 Å². The molecule has 2 N–H and O–H groups in total. The van der Waals surface area contributed by atoms with Gasteiger partial charge in [0, 0.05) is 16.9 Å². The minimum atomic E-state index is -0.352. The minimum Gasteiger partial charge on any atom is -0.342 e. The van der Waals surface area contributed by atoms with Gasteiger partial charge in [-0.1, -0.05) is 0 Å². The average Bonchev–Trinajstić information content (AvgIpc) is 3.01. The van der Waals surface area contributed by atoms with E-state index in [1.807, 2.05) is 0 Å². The molecule has 1 aromatic heterocycles. The number of nitrogens with one attached hydrogen (secondary N) is 2. The third-order valence-electron chi connectivity index (χ3n) is 4.02. The van der Waals surface area contributed by atoms with E-state index in [1.54, 1.807) is 12.1 Å². The largest absolute Gasteiger partial charge is 0.342 e. The number of carbonyl (C=O) groups is 1. The lowest BCUT2D eigenvalue weighted by Crippen LogP contribution is -2.03. The van der Waals surface area contributed by atoms with E-state index in [2.05, 4.69) is 15.3 Å². The lowest BCUT2D eigenvalue weighted by Gasteiger charge is -2.07. The predicted molar refractivity (Wildman–Crippen MR) is 78.1 cm³/mol. The summed E-state index contributed by atoms with van der Waals surface area (Å²) in [6.45, 7) is 0. The molecule has 0 bridgehead atoms. The fourth-order valence-corrected chi connectivity index (χ4v) is 2.98. The Morgan fingerprint density at radius 3 is 2.95 bits per heavy atom. The van der Waals surface area contributed by atoms with Gasteiger partial charge in [-0.2, -0.15) is 0 Å². The summed E-state index contributed by atoms with van der Waals surface area (Å²) in [4.78, 5) is 19.9. The van der Waals surface area contributed by atoms with Crippen LogP contribution < -0.4 is 5.32 Å². The van der Waals surface area contributed by atoms with Gasteiger partial charge < -0.3 is 10.3 Å². The van der Waals surface area contributed by atoms with Crippen LogP contribution >= 0.6 is 0 Å². The van der Waals surface area contributed by atoms with Crippen molar-refractivity contribution in [2.75, 3.05) is 5.32 Å². The van der Waals surface area contributed by atoms with Gasteiger partial charge in [0.15, 0.2) is 0 Å². The number of aryl methyl sites for hydroxylation is 2. The lowest BCUT2D eigenvalue weighted by atomic mass is 10.0. The first-order valence-corrected chi connectivity index (χ1v) is 7.11. The van der Waals surface area contributed by atoms with Gasteiger partial charge in [0.1, 0.15) is 11.6 Å². The van der Waals surface area contributed by atoms with E-state index in [0.29, 0.717) is 22.6 Å². The zero-order chi connectivity index (χ0) is 14.4. The van der Waals surface area contributed by atoms with Crippen molar-refractivity contribution in [3.63, 3.8) is 0 Å². The SMILES string of the molecule is O=C1Nc2ccc(F)cc2C1=Cc1nc2c([nH]1)CCCC2. The van der Waals surface area contributed by atoms with E-state index in [0.717, 1.165) is 30.7 Å². The first kappa shape index (κ1) is 12.3. The quantitative estimate of drug-likeness (QED) is 0.791. The van der Waals surface area contributed by atoms with Gasteiger partial charge in [0.05, 0.1) is 11.3 Å². The van der Waals surface area contributed by atoms with Crippen molar-refractivity contribution in [3.05, 3.63) is 46.8 Å². The number of aromatic nitrogens is 2. The highest BCUT2D eigenvalue weighted by atomic mass is 19.1. The Bertz CT molecular complexity index is 752. The maximum Gasteiger partial charge on any atom is 0.256 e. The molecule has 4 rings (SSSR count). The molecular formula is C16H14FN3O. The summed E-state index contributed by atoms with van der Waals surface area (Å²) in [5, 5.41) is 2.74. The first-order chi connectivity index (χ1) is 10.2. The zero-order valence-corrected chi connectivity index (χ0v) is 11.4. The number of imidazole rings is 1. The summed E-state index contributed by atoms with van der Waals surface area (Å²) in [6.07, 6.45) is 6.01. The number of halogens is 1. The normalized spacial score (nSPS) is 18.5. The van der Waals surface area contributed by atoms with Crippen molar-refractivity contribution in [1.82, 2.24) is 9.97 Å². The van der Waals surface area contributed by atoms with Crippen LogP contribution in [-0.2, 0) is 17.6 Å². The van der Waals surface area contributed by atoms with Crippen LogP contribution in [0.2, 0.25) is 0 Å². The van der Waals surface area contributed by atoms with Gasteiger partial charge in [-0.25, -0.2) is 9.37 Å². The fraction of sp³-hybridized carbons (Fsp3) is 0.250. The molecule has 106 valence electrons. The van der Waals surface area contributed by atoms with E-state index < -0.39 is 0 Å². The van der Waals surface area contributed by atoms with Gasteiger partial charge in [0.25, 0.3) is 5.91 Å². The Kier molecular flexibility index (Phi) is 2.67. The Hall–Kier alpha value is -2.43. The maximum absolute atomic E-state index is 13.4. The van der Waals surface area contributed by atoms with Crippen molar-refractivity contribution in [2.45, 2.75) is 25.7 Å². The third kappa shape index (κ3) is 2.05. The zero-order valence-electron chi connectivity index (χ0n) is 11.4. The average molecular weight is 283 g/mol. The Balaban J connectivity index is 1.78. The summed E-state index contributed by atoms with van der Waals surface area (Å²) in [5.74, 6) is 0.101. The second kappa shape index (κ2) is 4.55. The second-order valence-electron chi connectivity index (χ2n) is 5.46. The smallest absolute Gasteiger partial charge is 0.256 e. The van der Waals surface area contributed by atoms with E-state index in [1.165, 1.54) is 18.6 Å². The fourth-order valence-electron chi connectivity index (χ4n) is 2.98. The number of H-pyrrole nitrogens is 1. The molecule has 2 aliphatic rings. The van der Waals surface area contributed by atoms with Crippen LogP contribution in [0.25, 0.3) is 11.6 Å². The highest BCUT2D eigenvalue weighted by Crippen LogP contribution is 2.33.